The van der Waals surface area contributed by atoms with E-state index in [0.29, 0.717) is 17.1 Å². The molecule has 7 nitrogen and oxygen atoms in total. The Morgan fingerprint density at radius 2 is 1.96 bits per heavy atom. The minimum absolute atomic E-state index is 0.0972. The van der Waals surface area contributed by atoms with Crippen molar-refractivity contribution in [3.05, 3.63) is 48.0 Å². The second-order valence-corrected chi connectivity index (χ2v) is 8.41. The van der Waals surface area contributed by atoms with Gasteiger partial charge < -0.3 is 19.7 Å². The van der Waals surface area contributed by atoms with E-state index in [1.54, 1.807) is 24.3 Å². The van der Waals surface area contributed by atoms with Crippen molar-refractivity contribution in [1.29, 1.82) is 0 Å². The van der Waals surface area contributed by atoms with Crippen molar-refractivity contribution in [3.63, 3.8) is 0 Å². The summed E-state index contributed by atoms with van der Waals surface area (Å²) < 4.78 is 41.7. The molecule has 2 heterocycles. The predicted molar refractivity (Wildman–Crippen MR) is 92.5 cm³/mol. The average Bonchev–Trinajstić information content (AvgIpc) is 3.16. The maximum Gasteiger partial charge on any atom is 0.317 e. The van der Waals surface area contributed by atoms with Crippen LogP contribution >= 0.6 is 0 Å². The van der Waals surface area contributed by atoms with Crippen LogP contribution in [0.5, 0.6) is 0 Å². The number of aliphatic hydroxyl groups excluding tert-OH is 1. The van der Waals surface area contributed by atoms with Gasteiger partial charge in [-0.3, -0.25) is 0 Å². The molecule has 1 aromatic heterocycles. The highest BCUT2D eigenvalue weighted by Crippen LogP contribution is 2.22. The Hall–Kier alpha value is -2.39. The van der Waals surface area contributed by atoms with E-state index in [4.69, 9.17) is 4.42 Å². The summed E-state index contributed by atoms with van der Waals surface area (Å²) in [5.74, 6) is 0.0970. The Balaban J connectivity index is 1.59. The van der Waals surface area contributed by atoms with Gasteiger partial charge in [0, 0.05) is 12.6 Å². The number of sulfone groups is 1. The molecule has 0 aliphatic carbocycles. The highest BCUT2D eigenvalue weighted by Gasteiger charge is 2.40. The number of benzene rings is 1. The molecule has 0 saturated carbocycles. The van der Waals surface area contributed by atoms with Crippen LogP contribution in [0, 0.1) is 5.82 Å². The number of urea groups is 1. The highest BCUT2D eigenvalue weighted by atomic mass is 32.2. The fraction of sp³-hybridized carbons (Fsp3) is 0.353. The zero-order valence-electron chi connectivity index (χ0n) is 14.1. The van der Waals surface area contributed by atoms with Gasteiger partial charge in [0.1, 0.15) is 17.3 Å². The van der Waals surface area contributed by atoms with Crippen molar-refractivity contribution in [2.45, 2.75) is 18.7 Å². The van der Waals surface area contributed by atoms with Crippen LogP contribution in [-0.2, 0) is 16.4 Å². The van der Waals surface area contributed by atoms with Gasteiger partial charge in [-0.1, -0.05) is 0 Å². The maximum absolute atomic E-state index is 13.0. The minimum atomic E-state index is -3.34. The molecule has 2 atom stereocenters. The van der Waals surface area contributed by atoms with Gasteiger partial charge in [-0.25, -0.2) is 17.6 Å². The van der Waals surface area contributed by atoms with Crippen LogP contribution in [0.15, 0.2) is 40.8 Å². The second-order valence-electron chi connectivity index (χ2n) is 6.25. The molecule has 1 saturated heterocycles. The molecule has 2 aromatic rings. The fourth-order valence-electron chi connectivity index (χ4n) is 2.86. The number of carbonyl (C=O) groups excluding carboxylic acids is 1. The number of hydrogen-bond acceptors (Lipinski definition) is 5. The van der Waals surface area contributed by atoms with Gasteiger partial charge in [-0.2, -0.15) is 0 Å². The summed E-state index contributed by atoms with van der Waals surface area (Å²) in [6.07, 6.45) is -1.09. The van der Waals surface area contributed by atoms with Crippen LogP contribution < -0.4 is 5.32 Å². The lowest BCUT2D eigenvalue weighted by atomic mass is 10.2. The zero-order chi connectivity index (χ0) is 18.9. The molecule has 1 aliphatic rings. The third-order valence-electron chi connectivity index (χ3n) is 4.32. The molecule has 0 unspecified atom stereocenters. The van der Waals surface area contributed by atoms with Crippen LogP contribution in [0.25, 0.3) is 11.3 Å². The van der Waals surface area contributed by atoms with E-state index in [1.165, 1.54) is 24.1 Å². The van der Waals surface area contributed by atoms with E-state index < -0.39 is 28.0 Å². The molecule has 1 aromatic carbocycles. The van der Waals surface area contributed by atoms with Crippen molar-refractivity contribution >= 4 is 15.9 Å². The summed E-state index contributed by atoms with van der Waals surface area (Å²) >= 11 is 0. The summed E-state index contributed by atoms with van der Waals surface area (Å²) in [6, 6.07) is 7.96. The smallest absolute Gasteiger partial charge is 0.317 e. The Labute approximate surface area is 150 Å². The first kappa shape index (κ1) is 18.4. The number of aliphatic hydroxyl groups is 1. The number of halogens is 1. The SMILES string of the molecule is CN(C(=O)NCc1ccc(-c2ccc(F)cc2)o1)[C@@H]1CS(=O)(=O)C[C@H]1O. The number of nitrogens with one attached hydrogen (secondary N) is 1. The first-order valence-corrected chi connectivity index (χ1v) is 9.81. The molecular weight excluding hydrogens is 363 g/mol. The van der Waals surface area contributed by atoms with E-state index in [9.17, 15) is 22.7 Å². The van der Waals surface area contributed by atoms with Gasteiger partial charge in [-0.15, -0.1) is 0 Å². The molecule has 2 N–H and O–H groups in total. The molecule has 1 aliphatic heterocycles. The van der Waals surface area contributed by atoms with Gasteiger partial charge in [-0.05, 0) is 36.4 Å². The number of likely N-dealkylation sites (N-methyl/N-ethyl adjacent to an activating group) is 1. The Kier molecular flexibility index (Phi) is 5.01. The molecule has 1 fully saturated rings. The second kappa shape index (κ2) is 7.08. The first-order chi connectivity index (χ1) is 12.2. The summed E-state index contributed by atoms with van der Waals surface area (Å²) in [5.41, 5.74) is 0.709. The third-order valence-corrected chi connectivity index (χ3v) is 6.01. The largest absolute Gasteiger partial charge is 0.459 e. The van der Waals surface area contributed by atoms with Crippen LogP contribution in [0.2, 0.25) is 0 Å². The van der Waals surface area contributed by atoms with Crippen LogP contribution in [0.3, 0.4) is 0 Å². The number of hydrogen-bond donors (Lipinski definition) is 2. The molecule has 140 valence electrons. The lowest BCUT2D eigenvalue weighted by molar-refractivity contribution is 0.110. The molecule has 0 spiro atoms. The lowest BCUT2D eigenvalue weighted by Crippen LogP contribution is -2.48. The van der Waals surface area contributed by atoms with Crippen molar-refractivity contribution in [2.75, 3.05) is 18.6 Å². The van der Waals surface area contributed by atoms with Crippen molar-refractivity contribution < 1.29 is 27.1 Å². The van der Waals surface area contributed by atoms with Crippen LogP contribution in [0.1, 0.15) is 5.76 Å². The summed E-state index contributed by atoms with van der Waals surface area (Å²) in [7, 11) is -1.90. The number of furan rings is 1. The molecule has 3 rings (SSSR count). The van der Waals surface area contributed by atoms with E-state index in [1.807, 2.05) is 0 Å². The third kappa shape index (κ3) is 4.05. The Morgan fingerprint density at radius 3 is 2.58 bits per heavy atom. The molecule has 2 amide bonds. The van der Waals surface area contributed by atoms with E-state index in [2.05, 4.69) is 5.32 Å². The molecular formula is C17H19FN2O5S. The summed E-state index contributed by atoms with van der Waals surface area (Å²) in [5, 5.41) is 12.5. The standard InChI is InChI=1S/C17H19FN2O5S/c1-20(14-9-26(23,24)10-15(14)21)17(22)19-8-13-6-7-16(25-13)11-2-4-12(18)5-3-11/h2-7,14-15,21H,8-10H2,1H3,(H,19,22)/t14-,15-/m1/s1. The van der Waals surface area contributed by atoms with Gasteiger partial charge in [0.25, 0.3) is 0 Å². The first-order valence-electron chi connectivity index (χ1n) is 7.99. The Bertz CT molecular complexity index is 894. The van der Waals surface area contributed by atoms with Gasteiger partial charge >= 0.3 is 6.03 Å². The van der Waals surface area contributed by atoms with Crippen LogP contribution in [0.4, 0.5) is 9.18 Å². The fourth-order valence-corrected chi connectivity index (χ4v) is 4.71. The monoisotopic (exact) mass is 382 g/mol. The topological polar surface area (TPSA) is 99.9 Å². The number of nitrogens with zero attached hydrogens (tertiary/aromatic N) is 1. The zero-order valence-corrected chi connectivity index (χ0v) is 14.9. The summed E-state index contributed by atoms with van der Waals surface area (Å²) in [4.78, 5) is 13.4. The van der Waals surface area contributed by atoms with Gasteiger partial charge in [0.15, 0.2) is 9.84 Å². The van der Waals surface area contributed by atoms with Crippen LogP contribution in [-0.4, -0.2) is 55.2 Å². The van der Waals surface area contributed by atoms with Crippen molar-refractivity contribution in [3.8, 4) is 11.3 Å². The normalized spacial score (nSPS) is 21.5. The van der Waals surface area contributed by atoms with Gasteiger partial charge in [0.2, 0.25) is 0 Å². The molecule has 9 heteroatoms. The number of amides is 2. The summed E-state index contributed by atoms with van der Waals surface area (Å²) in [6.45, 7) is 0.0972. The number of carbonyl (C=O) groups is 1. The minimum Gasteiger partial charge on any atom is -0.459 e. The quantitative estimate of drug-likeness (QED) is 0.832. The van der Waals surface area contributed by atoms with Gasteiger partial charge in [0.05, 0.1) is 30.2 Å². The molecule has 0 radical (unpaired) electrons. The van der Waals surface area contributed by atoms with Crippen molar-refractivity contribution in [1.82, 2.24) is 10.2 Å². The van der Waals surface area contributed by atoms with E-state index in [0.717, 1.165) is 0 Å². The maximum atomic E-state index is 13.0. The van der Waals surface area contributed by atoms with Crippen molar-refractivity contribution in [2.24, 2.45) is 0 Å². The molecule has 26 heavy (non-hydrogen) atoms. The highest BCUT2D eigenvalue weighted by molar-refractivity contribution is 7.91. The van der Waals surface area contributed by atoms with E-state index >= 15 is 0 Å². The molecule has 0 bridgehead atoms. The predicted octanol–water partition coefficient (Wildman–Crippen LogP) is 1.39. The lowest BCUT2D eigenvalue weighted by Gasteiger charge is -2.26. The number of rotatable bonds is 4. The van der Waals surface area contributed by atoms with E-state index in [-0.39, 0.29) is 23.9 Å². The Morgan fingerprint density at radius 1 is 1.27 bits per heavy atom. The average molecular weight is 382 g/mol.